The first kappa shape index (κ1) is 14.7. The molecule has 3 aromatic rings. The highest BCUT2D eigenvalue weighted by Gasteiger charge is 2.25. The number of imidazole rings is 1. The van der Waals surface area contributed by atoms with Gasteiger partial charge in [-0.15, -0.1) is 0 Å². The Morgan fingerprint density at radius 1 is 1.29 bits per heavy atom. The van der Waals surface area contributed by atoms with E-state index in [2.05, 4.69) is 20.5 Å². The van der Waals surface area contributed by atoms with Crippen LogP contribution in [0, 0.1) is 0 Å². The van der Waals surface area contributed by atoms with Gasteiger partial charge in [0.15, 0.2) is 5.69 Å². The van der Waals surface area contributed by atoms with Crippen LogP contribution in [0.2, 0.25) is 0 Å². The van der Waals surface area contributed by atoms with Gasteiger partial charge in [0.25, 0.3) is 5.91 Å². The Morgan fingerprint density at radius 2 is 2.17 bits per heavy atom. The van der Waals surface area contributed by atoms with Crippen LogP contribution >= 0.6 is 0 Å². The summed E-state index contributed by atoms with van der Waals surface area (Å²) in [5.74, 6) is -0.122. The largest absolute Gasteiger partial charge is 0.342 e. The summed E-state index contributed by atoms with van der Waals surface area (Å²) in [5.41, 5.74) is 3.77. The Bertz CT molecular complexity index is 822. The monoisotopic (exact) mass is 321 g/mol. The molecule has 2 aromatic heterocycles. The second kappa shape index (κ2) is 6.31. The molecule has 1 aromatic carbocycles. The Morgan fingerprint density at radius 3 is 2.96 bits per heavy atom. The Labute approximate surface area is 139 Å². The number of hydrogen-bond acceptors (Lipinski definition) is 3. The first-order valence-electron chi connectivity index (χ1n) is 8.19. The molecule has 0 saturated carbocycles. The molecular weight excluding hydrogens is 302 g/mol. The zero-order valence-electron chi connectivity index (χ0n) is 13.3. The summed E-state index contributed by atoms with van der Waals surface area (Å²) in [5, 5.41) is 10.4. The van der Waals surface area contributed by atoms with Crippen molar-refractivity contribution in [2.24, 2.45) is 0 Å². The Balaban J connectivity index is 1.58. The molecule has 0 bridgehead atoms. The van der Waals surface area contributed by atoms with E-state index in [1.54, 1.807) is 12.5 Å². The lowest BCUT2D eigenvalue weighted by Gasteiger charge is -2.19. The number of benzene rings is 1. The van der Waals surface area contributed by atoms with E-state index in [4.69, 9.17) is 0 Å². The number of fused-ring (bicyclic) bond motifs is 1. The van der Waals surface area contributed by atoms with Crippen molar-refractivity contribution >= 4 is 5.91 Å². The third kappa shape index (κ3) is 2.82. The number of rotatable bonds is 5. The van der Waals surface area contributed by atoms with Crippen LogP contribution in [0.25, 0.3) is 0 Å². The zero-order chi connectivity index (χ0) is 16.4. The molecule has 24 heavy (non-hydrogen) atoms. The average Bonchev–Trinajstić information content (AvgIpc) is 3.33. The van der Waals surface area contributed by atoms with Crippen molar-refractivity contribution in [3.05, 3.63) is 71.6 Å². The molecule has 1 aliphatic rings. The van der Waals surface area contributed by atoms with Crippen LogP contribution in [0.3, 0.4) is 0 Å². The standard InChI is InChI=1S/C18H19N5O/c24-18(17-14-7-4-8-15(14)21-22-17)20-16(11-23-10-9-19-12-23)13-5-2-1-3-6-13/h1-3,5-6,9-10,12,16H,4,7-8,11H2,(H,20,24)(H,21,22)/t16-/m1/s1. The molecule has 6 nitrogen and oxygen atoms in total. The predicted octanol–water partition coefficient (Wildman–Crippen LogP) is 2.27. The third-order valence-electron chi connectivity index (χ3n) is 4.48. The van der Waals surface area contributed by atoms with Gasteiger partial charge in [0.05, 0.1) is 12.4 Å². The van der Waals surface area contributed by atoms with Crippen LogP contribution < -0.4 is 5.32 Å². The van der Waals surface area contributed by atoms with Crippen LogP contribution in [0.15, 0.2) is 49.1 Å². The van der Waals surface area contributed by atoms with Crippen molar-refractivity contribution < 1.29 is 4.79 Å². The minimum absolute atomic E-state index is 0.122. The van der Waals surface area contributed by atoms with Crippen molar-refractivity contribution in [3.63, 3.8) is 0 Å². The zero-order valence-corrected chi connectivity index (χ0v) is 13.3. The third-order valence-corrected chi connectivity index (χ3v) is 4.48. The fourth-order valence-corrected chi connectivity index (χ4v) is 3.26. The SMILES string of the molecule is O=C(N[C@H](Cn1ccnc1)c1ccccc1)c1n[nH]c2c1CCC2. The van der Waals surface area contributed by atoms with E-state index in [1.165, 1.54) is 0 Å². The number of nitrogens with zero attached hydrogens (tertiary/aromatic N) is 3. The molecule has 0 aliphatic heterocycles. The van der Waals surface area contributed by atoms with E-state index in [1.807, 2.05) is 41.1 Å². The first-order chi connectivity index (χ1) is 11.8. The highest BCUT2D eigenvalue weighted by molar-refractivity contribution is 5.94. The normalized spacial score (nSPS) is 14.3. The van der Waals surface area contributed by atoms with Crippen LogP contribution in [-0.4, -0.2) is 25.7 Å². The predicted molar refractivity (Wildman–Crippen MR) is 89.5 cm³/mol. The van der Waals surface area contributed by atoms with E-state index in [9.17, 15) is 4.79 Å². The van der Waals surface area contributed by atoms with Crippen LogP contribution in [-0.2, 0) is 19.4 Å². The van der Waals surface area contributed by atoms with Gasteiger partial charge in [0, 0.05) is 30.2 Å². The maximum Gasteiger partial charge on any atom is 0.272 e. The lowest BCUT2D eigenvalue weighted by Crippen LogP contribution is -2.32. The second-order valence-electron chi connectivity index (χ2n) is 6.08. The smallest absolute Gasteiger partial charge is 0.272 e. The molecule has 6 heteroatoms. The molecule has 2 heterocycles. The van der Waals surface area contributed by atoms with Crippen LogP contribution in [0.1, 0.15) is 39.8 Å². The number of amides is 1. The number of H-pyrrole nitrogens is 1. The van der Waals surface area contributed by atoms with Crippen molar-refractivity contribution in [2.45, 2.75) is 31.8 Å². The summed E-state index contributed by atoms with van der Waals surface area (Å²) in [6, 6.07) is 9.85. The van der Waals surface area contributed by atoms with Gasteiger partial charge in [0.1, 0.15) is 0 Å². The van der Waals surface area contributed by atoms with E-state index in [-0.39, 0.29) is 11.9 Å². The molecule has 4 rings (SSSR count). The van der Waals surface area contributed by atoms with Gasteiger partial charge in [0.2, 0.25) is 0 Å². The van der Waals surface area contributed by atoms with Crippen molar-refractivity contribution in [3.8, 4) is 0 Å². The molecule has 0 radical (unpaired) electrons. The number of aromatic nitrogens is 4. The fraction of sp³-hybridized carbons (Fsp3) is 0.278. The lowest BCUT2D eigenvalue weighted by atomic mass is 10.1. The number of nitrogens with one attached hydrogen (secondary N) is 2. The minimum Gasteiger partial charge on any atom is -0.342 e. The summed E-state index contributed by atoms with van der Waals surface area (Å²) in [6.07, 6.45) is 8.38. The molecule has 0 spiro atoms. The maximum atomic E-state index is 12.8. The van der Waals surface area contributed by atoms with E-state index < -0.39 is 0 Å². The van der Waals surface area contributed by atoms with Crippen LogP contribution in [0.5, 0.6) is 0 Å². The summed E-state index contributed by atoms with van der Waals surface area (Å²) < 4.78 is 1.97. The molecule has 0 fully saturated rings. The molecule has 1 amide bonds. The molecule has 2 N–H and O–H groups in total. The minimum atomic E-state index is -0.137. The number of carbonyl (C=O) groups is 1. The highest BCUT2D eigenvalue weighted by atomic mass is 16.2. The van der Waals surface area contributed by atoms with Crippen molar-refractivity contribution in [1.82, 2.24) is 25.1 Å². The van der Waals surface area contributed by atoms with Crippen molar-refractivity contribution in [1.29, 1.82) is 0 Å². The summed E-state index contributed by atoms with van der Waals surface area (Å²) >= 11 is 0. The average molecular weight is 321 g/mol. The summed E-state index contributed by atoms with van der Waals surface area (Å²) in [4.78, 5) is 16.8. The quantitative estimate of drug-likeness (QED) is 0.757. The van der Waals surface area contributed by atoms with E-state index >= 15 is 0 Å². The van der Waals surface area contributed by atoms with Gasteiger partial charge in [-0.1, -0.05) is 30.3 Å². The molecule has 1 atom stereocenters. The van der Waals surface area contributed by atoms with Gasteiger partial charge < -0.3 is 9.88 Å². The molecule has 1 aliphatic carbocycles. The fourth-order valence-electron chi connectivity index (χ4n) is 3.26. The molecular formula is C18H19N5O. The van der Waals surface area contributed by atoms with Gasteiger partial charge in [-0.05, 0) is 24.8 Å². The van der Waals surface area contributed by atoms with Gasteiger partial charge in [-0.3, -0.25) is 9.89 Å². The van der Waals surface area contributed by atoms with Gasteiger partial charge in [-0.25, -0.2) is 4.98 Å². The summed E-state index contributed by atoms with van der Waals surface area (Å²) in [6.45, 7) is 0.627. The Kier molecular flexibility index (Phi) is 3.86. The number of hydrogen-bond donors (Lipinski definition) is 2. The number of carbonyl (C=O) groups excluding carboxylic acids is 1. The van der Waals surface area contributed by atoms with Gasteiger partial charge in [-0.2, -0.15) is 5.10 Å². The van der Waals surface area contributed by atoms with Crippen LogP contribution in [0.4, 0.5) is 0 Å². The van der Waals surface area contributed by atoms with E-state index in [0.29, 0.717) is 12.2 Å². The van der Waals surface area contributed by atoms with Crippen molar-refractivity contribution in [2.75, 3.05) is 0 Å². The first-order valence-corrected chi connectivity index (χ1v) is 8.19. The summed E-state index contributed by atoms with van der Waals surface area (Å²) in [7, 11) is 0. The number of aromatic amines is 1. The maximum absolute atomic E-state index is 12.8. The second-order valence-corrected chi connectivity index (χ2v) is 6.08. The number of aryl methyl sites for hydroxylation is 1. The highest BCUT2D eigenvalue weighted by Crippen LogP contribution is 2.23. The molecule has 122 valence electrons. The van der Waals surface area contributed by atoms with Gasteiger partial charge >= 0.3 is 0 Å². The molecule has 0 unspecified atom stereocenters. The lowest BCUT2D eigenvalue weighted by molar-refractivity contribution is 0.0926. The molecule has 0 saturated heterocycles. The topological polar surface area (TPSA) is 75.6 Å². The Hall–Kier alpha value is -2.89. The van der Waals surface area contributed by atoms with E-state index in [0.717, 1.165) is 36.1 Å².